The van der Waals surface area contributed by atoms with Crippen LogP contribution in [0.3, 0.4) is 0 Å². The first kappa shape index (κ1) is 14.4. The van der Waals surface area contributed by atoms with Crippen molar-refractivity contribution in [3.63, 3.8) is 0 Å². The highest BCUT2D eigenvalue weighted by Gasteiger charge is 2.35. The number of aryl methyl sites for hydroxylation is 1. The SMILES string of the molecule is Cn1cc(C(F)(F)F)c2cc(N3CCC(=O)NC3=O)cnc21. The lowest BCUT2D eigenvalue weighted by Crippen LogP contribution is -2.49. The average Bonchev–Trinajstić information content (AvgIpc) is 2.75. The number of rotatable bonds is 1. The van der Waals surface area contributed by atoms with Crippen LogP contribution in [0.4, 0.5) is 23.7 Å². The van der Waals surface area contributed by atoms with Gasteiger partial charge in [-0.2, -0.15) is 13.2 Å². The van der Waals surface area contributed by atoms with E-state index in [4.69, 9.17) is 0 Å². The van der Waals surface area contributed by atoms with Gasteiger partial charge >= 0.3 is 12.2 Å². The normalized spacial score (nSPS) is 16.3. The molecule has 3 heterocycles. The van der Waals surface area contributed by atoms with Gasteiger partial charge in [0.2, 0.25) is 5.91 Å². The molecule has 0 aromatic carbocycles. The minimum Gasteiger partial charge on any atom is -0.335 e. The van der Waals surface area contributed by atoms with Crippen molar-refractivity contribution in [3.05, 3.63) is 24.0 Å². The van der Waals surface area contributed by atoms with E-state index in [-0.39, 0.29) is 29.7 Å². The third-order valence-electron chi connectivity index (χ3n) is 3.47. The van der Waals surface area contributed by atoms with E-state index in [0.717, 1.165) is 6.20 Å². The first-order chi connectivity index (χ1) is 10.3. The Kier molecular flexibility index (Phi) is 3.08. The van der Waals surface area contributed by atoms with Gasteiger partial charge in [0.15, 0.2) is 0 Å². The fraction of sp³-hybridized carbons (Fsp3) is 0.308. The lowest BCUT2D eigenvalue weighted by Gasteiger charge is -2.26. The van der Waals surface area contributed by atoms with Crippen LogP contribution in [0.25, 0.3) is 11.0 Å². The number of nitrogens with one attached hydrogen (secondary N) is 1. The second kappa shape index (κ2) is 4.72. The van der Waals surface area contributed by atoms with Crippen molar-refractivity contribution in [3.8, 4) is 0 Å². The summed E-state index contributed by atoms with van der Waals surface area (Å²) in [7, 11) is 1.47. The van der Waals surface area contributed by atoms with Crippen LogP contribution in [0.5, 0.6) is 0 Å². The number of imide groups is 1. The molecular weight excluding hydrogens is 301 g/mol. The van der Waals surface area contributed by atoms with E-state index in [0.29, 0.717) is 0 Å². The Balaban J connectivity index is 2.09. The summed E-state index contributed by atoms with van der Waals surface area (Å²) in [6.07, 6.45) is -2.15. The van der Waals surface area contributed by atoms with Crippen LogP contribution in [0.1, 0.15) is 12.0 Å². The fourth-order valence-electron chi connectivity index (χ4n) is 2.43. The molecule has 1 aliphatic rings. The number of pyridine rings is 1. The molecule has 2 aromatic heterocycles. The molecule has 9 heteroatoms. The van der Waals surface area contributed by atoms with Gasteiger partial charge in [0.25, 0.3) is 0 Å². The molecule has 1 fully saturated rings. The Hall–Kier alpha value is -2.58. The zero-order valence-electron chi connectivity index (χ0n) is 11.4. The third kappa shape index (κ3) is 2.28. The number of aromatic nitrogens is 2. The molecule has 0 aliphatic carbocycles. The van der Waals surface area contributed by atoms with E-state index in [1.165, 1.54) is 28.8 Å². The summed E-state index contributed by atoms with van der Waals surface area (Å²) in [6.45, 7) is 0.103. The van der Waals surface area contributed by atoms with Gasteiger partial charge in [0, 0.05) is 31.6 Å². The first-order valence-electron chi connectivity index (χ1n) is 6.41. The summed E-state index contributed by atoms with van der Waals surface area (Å²) in [6, 6.07) is 0.600. The Morgan fingerprint density at radius 3 is 2.68 bits per heavy atom. The summed E-state index contributed by atoms with van der Waals surface area (Å²) < 4.78 is 40.4. The highest BCUT2D eigenvalue weighted by Crippen LogP contribution is 2.36. The molecule has 3 amide bonds. The van der Waals surface area contributed by atoms with Gasteiger partial charge in [-0.25, -0.2) is 9.78 Å². The van der Waals surface area contributed by atoms with Crippen LogP contribution >= 0.6 is 0 Å². The largest absolute Gasteiger partial charge is 0.418 e. The predicted octanol–water partition coefficient (Wildman–Crippen LogP) is 2.04. The van der Waals surface area contributed by atoms with Crippen molar-refractivity contribution in [2.45, 2.75) is 12.6 Å². The molecule has 0 atom stereocenters. The van der Waals surface area contributed by atoms with E-state index >= 15 is 0 Å². The molecule has 1 N–H and O–H groups in total. The zero-order chi connectivity index (χ0) is 16.1. The Labute approximate surface area is 122 Å². The number of urea groups is 1. The minimum absolute atomic E-state index is 0.0859. The van der Waals surface area contributed by atoms with Crippen LogP contribution in [0.2, 0.25) is 0 Å². The molecule has 0 unspecified atom stereocenters. The van der Waals surface area contributed by atoms with Crippen LogP contribution in [0.15, 0.2) is 18.5 Å². The number of hydrogen-bond donors (Lipinski definition) is 1. The summed E-state index contributed by atoms with van der Waals surface area (Å²) >= 11 is 0. The van der Waals surface area contributed by atoms with Crippen molar-refractivity contribution in [2.24, 2.45) is 7.05 Å². The molecule has 116 valence electrons. The molecule has 3 rings (SSSR count). The van der Waals surface area contributed by atoms with Gasteiger partial charge in [-0.3, -0.25) is 15.0 Å². The Morgan fingerprint density at radius 2 is 2.05 bits per heavy atom. The number of fused-ring (bicyclic) bond motifs is 1. The minimum atomic E-state index is -4.51. The van der Waals surface area contributed by atoms with Gasteiger partial charge < -0.3 is 4.57 Å². The Bertz CT molecular complexity index is 781. The maximum absolute atomic E-state index is 13.1. The van der Waals surface area contributed by atoms with Gasteiger partial charge in [-0.15, -0.1) is 0 Å². The maximum Gasteiger partial charge on any atom is 0.418 e. The number of alkyl halides is 3. The van der Waals surface area contributed by atoms with Crippen molar-refractivity contribution < 1.29 is 22.8 Å². The number of anilines is 1. The summed E-state index contributed by atoms with van der Waals surface area (Å²) in [4.78, 5) is 28.1. The summed E-state index contributed by atoms with van der Waals surface area (Å²) in [5.74, 6) is -0.411. The smallest absolute Gasteiger partial charge is 0.335 e. The second-order valence-electron chi connectivity index (χ2n) is 4.97. The number of carbonyl (C=O) groups excluding carboxylic acids is 2. The van der Waals surface area contributed by atoms with Crippen molar-refractivity contribution >= 4 is 28.7 Å². The molecular formula is C13H11F3N4O2. The maximum atomic E-state index is 13.1. The van der Waals surface area contributed by atoms with E-state index < -0.39 is 23.7 Å². The summed E-state index contributed by atoms with van der Waals surface area (Å²) in [5, 5.41) is 2.03. The van der Waals surface area contributed by atoms with Gasteiger partial charge in [0.05, 0.1) is 17.4 Å². The van der Waals surface area contributed by atoms with Gasteiger partial charge in [-0.05, 0) is 6.07 Å². The molecule has 0 bridgehead atoms. The van der Waals surface area contributed by atoms with E-state index in [2.05, 4.69) is 10.3 Å². The van der Waals surface area contributed by atoms with Crippen LogP contribution < -0.4 is 10.2 Å². The molecule has 0 saturated carbocycles. The molecule has 0 spiro atoms. The fourth-order valence-corrected chi connectivity index (χ4v) is 2.43. The van der Waals surface area contributed by atoms with Crippen molar-refractivity contribution in [2.75, 3.05) is 11.4 Å². The van der Waals surface area contributed by atoms with E-state index in [9.17, 15) is 22.8 Å². The highest BCUT2D eigenvalue weighted by molar-refractivity contribution is 6.06. The number of hydrogen-bond acceptors (Lipinski definition) is 3. The molecule has 1 saturated heterocycles. The van der Waals surface area contributed by atoms with Crippen molar-refractivity contribution in [1.82, 2.24) is 14.9 Å². The highest BCUT2D eigenvalue weighted by atomic mass is 19.4. The molecule has 2 aromatic rings. The first-order valence-corrected chi connectivity index (χ1v) is 6.41. The molecule has 6 nitrogen and oxygen atoms in total. The Morgan fingerprint density at radius 1 is 1.32 bits per heavy atom. The quantitative estimate of drug-likeness (QED) is 0.876. The topological polar surface area (TPSA) is 67.2 Å². The van der Waals surface area contributed by atoms with Gasteiger partial charge in [0.1, 0.15) is 5.65 Å². The van der Waals surface area contributed by atoms with Crippen LogP contribution in [0, 0.1) is 0 Å². The molecule has 22 heavy (non-hydrogen) atoms. The number of carbonyl (C=O) groups is 2. The summed E-state index contributed by atoms with van der Waals surface area (Å²) in [5.41, 5.74) is -0.424. The second-order valence-corrected chi connectivity index (χ2v) is 4.97. The number of nitrogens with zero attached hydrogens (tertiary/aromatic N) is 3. The zero-order valence-corrected chi connectivity index (χ0v) is 11.4. The monoisotopic (exact) mass is 312 g/mol. The third-order valence-corrected chi connectivity index (χ3v) is 3.47. The van der Waals surface area contributed by atoms with Crippen LogP contribution in [-0.4, -0.2) is 28.0 Å². The lowest BCUT2D eigenvalue weighted by molar-refractivity contribution is -0.136. The lowest BCUT2D eigenvalue weighted by atomic mass is 10.2. The number of halogens is 3. The standard InChI is InChI=1S/C13H11F3N4O2/c1-19-6-9(13(14,15)16)8-4-7(5-17-11(8)19)20-3-2-10(21)18-12(20)22/h4-6H,2-3H2,1H3,(H,18,21,22). The molecule has 1 aliphatic heterocycles. The van der Waals surface area contributed by atoms with E-state index in [1.54, 1.807) is 0 Å². The van der Waals surface area contributed by atoms with Crippen molar-refractivity contribution in [1.29, 1.82) is 0 Å². The van der Waals surface area contributed by atoms with E-state index in [1.807, 2.05) is 0 Å². The van der Waals surface area contributed by atoms with Crippen LogP contribution in [-0.2, 0) is 18.0 Å². The predicted molar refractivity (Wildman–Crippen MR) is 71.2 cm³/mol. The van der Waals surface area contributed by atoms with Gasteiger partial charge in [-0.1, -0.05) is 0 Å². The average molecular weight is 312 g/mol. The number of amides is 3. The molecule has 0 radical (unpaired) electrons.